The van der Waals surface area contributed by atoms with Gasteiger partial charge >= 0.3 is 5.76 Å². The Morgan fingerprint density at radius 1 is 1.24 bits per heavy atom. The van der Waals surface area contributed by atoms with E-state index in [0.717, 1.165) is 29.0 Å². The van der Waals surface area contributed by atoms with Crippen LogP contribution in [-0.2, 0) is 13.5 Å². The number of benzene rings is 1. The minimum absolute atomic E-state index is 0.0693. The van der Waals surface area contributed by atoms with Crippen LogP contribution in [0, 0.1) is 0 Å². The molecule has 0 saturated heterocycles. The Bertz CT molecular complexity index is 826. The molecular formula is C16H18N2O3. The number of furan rings is 1. The molecule has 2 heterocycles. The average Bonchev–Trinajstić information content (AvgIpc) is 3.06. The van der Waals surface area contributed by atoms with Crippen molar-refractivity contribution in [3.63, 3.8) is 0 Å². The monoisotopic (exact) mass is 286 g/mol. The van der Waals surface area contributed by atoms with E-state index in [9.17, 15) is 4.79 Å². The van der Waals surface area contributed by atoms with E-state index in [4.69, 9.17) is 8.83 Å². The lowest BCUT2D eigenvalue weighted by Crippen LogP contribution is -2.16. The summed E-state index contributed by atoms with van der Waals surface area (Å²) in [5, 5.41) is 3.24. The van der Waals surface area contributed by atoms with Crippen molar-refractivity contribution in [2.24, 2.45) is 7.05 Å². The fraction of sp³-hybridized carbons (Fsp3) is 0.312. The molecule has 110 valence electrons. The maximum atomic E-state index is 11.6. The summed E-state index contributed by atoms with van der Waals surface area (Å²) in [6.07, 6.45) is 0.864. The summed E-state index contributed by atoms with van der Waals surface area (Å²) in [6.45, 7) is 2.06. The molecule has 0 aliphatic rings. The summed E-state index contributed by atoms with van der Waals surface area (Å²) in [6, 6.07) is 9.65. The van der Waals surface area contributed by atoms with Crippen LogP contribution in [0.2, 0.25) is 0 Å². The molecule has 0 saturated carbocycles. The molecule has 0 aliphatic carbocycles. The van der Waals surface area contributed by atoms with E-state index in [2.05, 4.69) is 12.2 Å². The second-order valence-electron chi connectivity index (χ2n) is 5.03. The van der Waals surface area contributed by atoms with Gasteiger partial charge in [-0.3, -0.25) is 4.57 Å². The highest BCUT2D eigenvalue weighted by molar-refractivity contribution is 5.74. The number of nitrogens with zero attached hydrogens (tertiary/aromatic N) is 1. The molecule has 0 radical (unpaired) electrons. The molecule has 0 bridgehead atoms. The van der Waals surface area contributed by atoms with Crippen LogP contribution < -0.4 is 11.1 Å². The van der Waals surface area contributed by atoms with Gasteiger partial charge in [-0.1, -0.05) is 13.0 Å². The van der Waals surface area contributed by atoms with Crippen molar-refractivity contribution in [2.75, 3.05) is 7.05 Å². The summed E-state index contributed by atoms with van der Waals surface area (Å²) in [4.78, 5) is 11.6. The van der Waals surface area contributed by atoms with Gasteiger partial charge in [-0.05, 0) is 36.9 Å². The van der Waals surface area contributed by atoms with E-state index in [1.165, 1.54) is 4.57 Å². The third kappa shape index (κ3) is 2.29. The SMILES string of the molecule is CCc1ccc(C(NC)c2ccc3c(c2)oc(=O)n3C)o1. The fourth-order valence-electron chi connectivity index (χ4n) is 2.54. The van der Waals surface area contributed by atoms with Crippen molar-refractivity contribution in [1.82, 2.24) is 9.88 Å². The van der Waals surface area contributed by atoms with Gasteiger partial charge in [0.1, 0.15) is 11.5 Å². The number of hydrogen-bond donors (Lipinski definition) is 1. The molecule has 0 fully saturated rings. The molecule has 3 rings (SSSR count). The molecule has 1 unspecified atom stereocenters. The lowest BCUT2D eigenvalue weighted by atomic mass is 10.0. The molecule has 1 N–H and O–H groups in total. The Morgan fingerprint density at radius 2 is 2.05 bits per heavy atom. The topological polar surface area (TPSA) is 60.3 Å². The van der Waals surface area contributed by atoms with Crippen molar-refractivity contribution in [2.45, 2.75) is 19.4 Å². The van der Waals surface area contributed by atoms with Gasteiger partial charge < -0.3 is 14.2 Å². The Morgan fingerprint density at radius 3 is 2.71 bits per heavy atom. The molecule has 1 atom stereocenters. The average molecular weight is 286 g/mol. The van der Waals surface area contributed by atoms with Crippen molar-refractivity contribution in [3.8, 4) is 0 Å². The summed E-state index contributed by atoms with van der Waals surface area (Å²) in [7, 11) is 3.58. The number of aromatic nitrogens is 1. The number of aryl methyl sites for hydroxylation is 2. The Hall–Kier alpha value is -2.27. The van der Waals surface area contributed by atoms with Crippen molar-refractivity contribution in [3.05, 3.63) is 58.0 Å². The largest absolute Gasteiger partial charge is 0.464 e. The van der Waals surface area contributed by atoms with E-state index in [1.807, 2.05) is 37.4 Å². The molecule has 5 nitrogen and oxygen atoms in total. The van der Waals surface area contributed by atoms with Crippen LogP contribution in [0.25, 0.3) is 11.1 Å². The van der Waals surface area contributed by atoms with Crippen LogP contribution in [0.5, 0.6) is 0 Å². The van der Waals surface area contributed by atoms with Crippen LogP contribution in [0.15, 0.2) is 44.0 Å². The lowest BCUT2D eigenvalue weighted by molar-refractivity contribution is 0.434. The summed E-state index contributed by atoms with van der Waals surface area (Å²) < 4.78 is 12.6. The summed E-state index contributed by atoms with van der Waals surface area (Å²) >= 11 is 0. The highest BCUT2D eigenvalue weighted by Gasteiger charge is 2.17. The third-order valence-electron chi connectivity index (χ3n) is 3.75. The van der Waals surface area contributed by atoms with Crippen molar-refractivity contribution >= 4 is 11.1 Å². The van der Waals surface area contributed by atoms with Gasteiger partial charge in [0.25, 0.3) is 0 Å². The molecule has 3 aromatic rings. The Kier molecular flexibility index (Phi) is 3.43. The zero-order chi connectivity index (χ0) is 15.0. The zero-order valence-corrected chi connectivity index (χ0v) is 12.3. The van der Waals surface area contributed by atoms with Crippen molar-refractivity contribution in [1.29, 1.82) is 0 Å². The molecular weight excluding hydrogens is 268 g/mol. The first kappa shape index (κ1) is 13.7. The molecule has 0 spiro atoms. The van der Waals surface area contributed by atoms with Crippen LogP contribution in [-0.4, -0.2) is 11.6 Å². The van der Waals surface area contributed by atoms with Gasteiger partial charge in [0, 0.05) is 13.5 Å². The van der Waals surface area contributed by atoms with Gasteiger partial charge in [0.2, 0.25) is 0 Å². The standard InChI is InChI=1S/C16H18N2O3/c1-4-11-6-8-13(20-11)15(17-2)10-5-7-12-14(9-10)21-16(19)18(12)3/h5-9,15,17H,4H2,1-3H3. The minimum atomic E-state index is -0.352. The summed E-state index contributed by atoms with van der Waals surface area (Å²) in [5.41, 5.74) is 2.37. The predicted molar refractivity (Wildman–Crippen MR) is 80.4 cm³/mol. The van der Waals surface area contributed by atoms with Gasteiger partial charge in [0.15, 0.2) is 5.58 Å². The first-order chi connectivity index (χ1) is 10.1. The first-order valence-electron chi connectivity index (χ1n) is 6.99. The minimum Gasteiger partial charge on any atom is -0.464 e. The molecule has 1 aromatic carbocycles. The fourth-order valence-corrected chi connectivity index (χ4v) is 2.54. The van der Waals surface area contributed by atoms with Gasteiger partial charge in [0.05, 0.1) is 11.6 Å². The third-order valence-corrected chi connectivity index (χ3v) is 3.75. The maximum Gasteiger partial charge on any atom is 0.419 e. The molecule has 0 aliphatic heterocycles. The predicted octanol–water partition coefficient (Wildman–Crippen LogP) is 2.60. The normalized spacial score (nSPS) is 12.9. The quantitative estimate of drug-likeness (QED) is 0.801. The van der Waals surface area contributed by atoms with Gasteiger partial charge in [-0.15, -0.1) is 0 Å². The molecule has 21 heavy (non-hydrogen) atoms. The number of rotatable bonds is 4. The zero-order valence-electron chi connectivity index (χ0n) is 12.3. The van der Waals surface area contributed by atoms with Crippen LogP contribution in [0.3, 0.4) is 0 Å². The summed E-state index contributed by atoms with van der Waals surface area (Å²) in [5.74, 6) is 1.46. The van der Waals surface area contributed by atoms with E-state index >= 15 is 0 Å². The first-order valence-corrected chi connectivity index (χ1v) is 6.99. The molecule has 5 heteroatoms. The maximum absolute atomic E-state index is 11.6. The Balaban J connectivity index is 2.06. The number of nitrogens with one attached hydrogen (secondary N) is 1. The number of hydrogen-bond acceptors (Lipinski definition) is 4. The van der Waals surface area contributed by atoms with Gasteiger partial charge in [-0.25, -0.2) is 4.79 Å². The van der Waals surface area contributed by atoms with Gasteiger partial charge in [-0.2, -0.15) is 0 Å². The van der Waals surface area contributed by atoms with Crippen LogP contribution in [0.1, 0.15) is 30.0 Å². The smallest absolute Gasteiger partial charge is 0.419 e. The second kappa shape index (κ2) is 5.26. The van der Waals surface area contributed by atoms with Crippen LogP contribution >= 0.6 is 0 Å². The molecule has 0 amide bonds. The van der Waals surface area contributed by atoms with E-state index < -0.39 is 0 Å². The number of oxazole rings is 1. The Labute approximate surface area is 122 Å². The van der Waals surface area contributed by atoms with E-state index in [-0.39, 0.29) is 11.8 Å². The van der Waals surface area contributed by atoms with Crippen molar-refractivity contribution < 1.29 is 8.83 Å². The van der Waals surface area contributed by atoms with E-state index in [1.54, 1.807) is 7.05 Å². The van der Waals surface area contributed by atoms with E-state index in [0.29, 0.717) is 5.58 Å². The highest BCUT2D eigenvalue weighted by Crippen LogP contribution is 2.26. The van der Waals surface area contributed by atoms with Crippen LogP contribution in [0.4, 0.5) is 0 Å². The second-order valence-corrected chi connectivity index (χ2v) is 5.03. The lowest BCUT2D eigenvalue weighted by Gasteiger charge is -2.14. The number of fused-ring (bicyclic) bond motifs is 1. The highest BCUT2D eigenvalue weighted by atomic mass is 16.4. The molecule has 2 aromatic heterocycles.